The fourth-order valence-corrected chi connectivity index (χ4v) is 13.1. The van der Waals surface area contributed by atoms with Gasteiger partial charge in [0.25, 0.3) is 8.32 Å². The van der Waals surface area contributed by atoms with Gasteiger partial charge >= 0.3 is 0 Å². The normalized spacial score (nSPS) is 14.2. The molecule has 4 aromatic carbocycles. The first kappa shape index (κ1) is 30.2. The van der Waals surface area contributed by atoms with Crippen LogP contribution in [0.5, 0.6) is 0 Å². The monoisotopic (exact) mass is 567 g/mol. The number of hydrogen-bond donors (Lipinski definition) is 1. The maximum atomic E-state index is 7.25. The first-order chi connectivity index (χ1) is 19.0. The van der Waals surface area contributed by atoms with Crippen molar-refractivity contribution in [1.82, 2.24) is 0 Å². The maximum absolute atomic E-state index is 7.25. The highest BCUT2D eigenvalue weighted by molar-refractivity contribution is 6.99. The van der Waals surface area contributed by atoms with Crippen LogP contribution in [-0.4, -0.2) is 36.1 Å². The standard InChI is InChI=1S/C35H45NO2Si2/c1-34(2,3)33(38-39(28-19-11-7-12-20-28)29-21-13-8-14-22-29)32(36)27-37-40(35(4,5)6,30-23-15-9-16-24-30)31-25-17-10-18-26-31/h7-26,32-33,39H,27,36H2,1-6H3. The Hall–Kier alpha value is -2.81. The SMILES string of the molecule is CC(C)(C)C(O[SiH](c1ccccc1)c1ccccc1)C(N)CO[Si](c1ccccc1)(c1ccccc1)C(C)(C)C. The Bertz CT molecular complexity index is 1220. The van der Waals surface area contributed by atoms with Gasteiger partial charge in [0.15, 0.2) is 0 Å². The van der Waals surface area contributed by atoms with Crippen LogP contribution in [0.4, 0.5) is 0 Å². The zero-order valence-electron chi connectivity index (χ0n) is 24.9. The zero-order chi connectivity index (χ0) is 28.8. The van der Waals surface area contributed by atoms with Crippen LogP contribution in [0.25, 0.3) is 0 Å². The third kappa shape index (κ3) is 6.73. The van der Waals surface area contributed by atoms with Crippen molar-refractivity contribution in [1.29, 1.82) is 0 Å². The molecule has 0 aromatic heterocycles. The molecule has 0 bridgehead atoms. The summed E-state index contributed by atoms with van der Waals surface area (Å²) in [6.45, 7) is 14.0. The van der Waals surface area contributed by atoms with Crippen LogP contribution >= 0.6 is 0 Å². The number of hydrogen-bond acceptors (Lipinski definition) is 3. The van der Waals surface area contributed by atoms with E-state index < -0.39 is 17.4 Å². The summed E-state index contributed by atoms with van der Waals surface area (Å²) in [7, 11) is -4.72. The van der Waals surface area contributed by atoms with Crippen LogP contribution in [0.2, 0.25) is 5.04 Å². The van der Waals surface area contributed by atoms with Crippen LogP contribution in [0, 0.1) is 5.41 Å². The first-order valence-electron chi connectivity index (χ1n) is 14.3. The van der Waals surface area contributed by atoms with Crippen LogP contribution in [0.15, 0.2) is 121 Å². The van der Waals surface area contributed by atoms with Crippen LogP contribution in [0.1, 0.15) is 41.5 Å². The minimum absolute atomic E-state index is 0.112. The Labute approximate surface area is 244 Å². The van der Waals surface area contributed by atoms with Crippen molar-refractivity contribution >= 4 is 38.1 Å². The molecule has 0 fully saturated rings. The minimum atomic E-state index is -2.71. The summed E-state index contributed by atoms with van der Waals surface area (Å²) in [5.74, 6) is 0. The van der Waals surface area contributed by atoms with Crippen molar-refractivity contribution in [3.63, 3.8) is 0 Å². The second-order valence-electron chi connectivity index (χ2n) is 12.8. The van der Waals surface area contributed by atoms with Crippen molar-refractivity contribution in [2.75, 3.05) is 6.61 Å². The van der Waals surface area contributed by atoms with E-state index in [9.17, 15) is 0 Å². The zero-order valence-corrected chi connectivity index (χ0v) is 27.0. The van der Waals surface area contributed by atoms with E-state index in [2.05, 4.69) is 163 Å². The van der Waals surface area contributed by atoms with Crippen molar-refractivity contribution < 1.29 is 8.85 Å². The molecule has 0 saturated carbocycles. The number of nitrogens with two attached hydrogens (primary N) is 1. The van der Waals surface area contributed by atoms with Gasteiger partial charge in [-0.2, -0.15) is 0 Å². The Morgan fingerprint density at radius 3 is 1.35 bits per heavy atom. The molecule has 4 aromatic rings. The van der Waals surface area contributed by atoms with Crippen molar-refractivity contribution in [2.45, 2.75) is 58.7 Å². The summed E-state index contributed by atoms with van der Waals surface area (Å²) in [4.78, 5) is 0. The highest BCUT2D eigenvalue weighted by atomic mass is 28.4. The Morgan fingerprint density at radius 1 is 0.625 bits per heavy atom. The van der Waals surface area contributed by atoms with Crippen LogP contribution in [0.3, 0.4) is 0 Å². The lowest BCUT2D eigenvalue weighted by molar-refractivity contribution is 0.0474. The second-order valence-corrected chi connectivity index (χ2v) is 19.4. The predicted molar refractivity (Wildman–Crippen MR) is 175 cm³/mol. The molecule has 0 radical (unpaired) electrons. The lowest BCUT2D eigenvalue weighted by Gasteiger charge is -2.45. The van der Waals surface area contributed by atoms with E-state index in [1.165, 1.54) is 20.7 Å². The van der Waals surface area contributed by atoms with E-state index in [4.69, 9.17) is 14.6 Å². The van der Waals surface area contributed by atoms with Gasteiger partial charge in [0, 0.05) is 0 Å². The van der Waals surface area contributed by atoms with Gasteiger partial charge in [-0.3, -0.25) is 0 Å². The van der Waals surface area contributed by atoms with E-state index in [0.29, 0.717) is 6.61 Å². The van der Waals surface area contributed by atoms with Crippen LogP contribution in [-0.2, 0) is 8.85 Å². The van der Waals surface area contributed by atoms with Gasteiger partial charge in [-0.05, 0) is 31.2 Å². The quantitative estimate of drug-likeness (QED) is 0.279. The van der Waals surface area contributed by atoms with E-state index in [1.807, 2.05) is 0 Å². The van der Waals surface area contributed by atoms with Gasteiger partial charge in [0.2, 0.25) is 9.04 Å². The van der Waals surface area contributed by atoms with Crippen molar-refractivity contribution in [3.05, 3.63) is 121 Å². The molecule has 0 saturated heterocycles. The Kier molecular flexibility index (Phi) is 9.65. The smallest absolute Gasteiger partial charge is 0.261 e. The van der Waals surface area contributed by atoms with Crippen molar-refractivity contribution in [2.24, 2.45) is 11.1 Å². The third-order valence-corrected chi connectivity index (χ3v) is 15.2. The minimum Gasteiger partial charge on any atom is -0.406 e. The fourth-order valence-electron chi connectivity index (χ4n) is 5.77. The lowest BCUT2D eigenvalue weighted by Crippen LogP contribution is -2.68. The van der Waals surface area contributed by atoms with E-state index in [-0.39, 0.29) is 22.6 Å². The molecule has 4 rings (SSSR count). The lowest BCUT2D eigenvalue weighted by atomic mass is 9.85. The summed E-state index contributed by atoms with van der Waals surface area (Å²) in [6, 6.07) is 42.5. The molecule has 2 N–H and O–H groups in total. The number of benzene rings is 4. The summed E-state index contributed by atoms with van der Waals surface area (Å²) in [5.41, 5.74) is 6.93. The van der Waals surface area contributed by atoms with E-state index in [1.54, 1.807) is 0 Å². The van der Waals surface area contributed by atoms with Crippen LogP contribution < -0.4 is 26.5 Å². The van der Waals surface area contributed by atoms with E-state index >= 15 is 0 Å². The predicted octanol–water partition coefficient (Wildman–Crippen LogP) is 4.86. The molecular weight excluding hydrogens is 523 g/mol. The molecule has 0 aliphatic rings. The van der Waals surface area contributed by atoms with Gasteiger partial charge in [0.05, 0.1) is 18.8 Å². The molecule has 2 unspecified atom stereocenters. The average molecular weight is 568 g/mol. The molecule has 0 amide bonds. The average Bonchev–Trinajstić information content (AvgIpc) is 2.94. The molecule has 2 atom stereocenters. The summed E-state index contributed by atoms with van der Waals surface area (Å²) in [6.07, 6.45) is -0.192. The highest BCUT2D eigenvalue weighted by Crippen LogP contribution is 2.37. The molecule has 0 spiro atoms. The molecule has 0 heterocycles. The third-order valence-electron chi connectivity index (χ3n) is 7.64. The molecule has 0 aliphatic carbocycles. The van der Waals surface area contributed by atoms with Crippen molar-refractivity contribution in [3.8, 4) is 0 Å². The molecule has 0 aliphatic heterocycles. The largest absolute Gasteiger partial charge is 0.406 e. The van der Waals surface area contributed by atoms with Gasteiger partial charge < -0.3 is 14.6 Å². The van der Waals surface area contributed by atoms with Gasteiger partial charge in [-0.1, -0.05) is 163 Å². The topological polar surface area (TPSA) is 44.5 Å². The number of rotatable bonds is 10. The summed E-state index contributed by atoms with van der Waals surface area (Å²) in [5, 5.41) is 4.91. The molecule has 40 heavy (non-hydrogen) atoms. The van der Waals surface area contributed by atoms with Gasteiger partial charge in [0.1, 0.15) is 0 Å². The molecule has 5 heteroatoms. The fraction of sp³-hybridized carbons (Fsp3) is 0.314. The Balaban J connectivity index is 1.70. The highest BCUT2D eigenvalue weighted by Gasteiger charge is 2.50. The van der Waals surface area contributed by atoms with Gasteiger partial charge in [-0.15, -0.1) is 0 Å². The van der Waals surface area contributed by atoms with E-state index in [0.717, 1.165) is 0 Å². The van der Waals surface area contributed by atoms with Gasteiger partial charge in [-0.25, -0.2) is 0 Å². The maximum Gasteiger partial charge on any atom is 0.261 e. The first-order valence-corrected chi connectivity index (χ1v) is 17.8. The summed E-state index contributed by atoms with van der Waals surface area (Å²) < 4.78 is 14.4. The molecular formula is C35H45NO2Si2. The molecule has 3 nitrogen and oxygen atoms in total. The summed E-state index contributed by atoms with van der Waals surface area (Å²) >= 11 is 0. The Morgan fingerprint density at radius 2 is 1.00 bits per heavy atom. The molecule has 210 valence electrons. The second kappa shape index (κ2) is 12.8.